The summed E-state index contributed by atoms with van der Waals surface area (Å²) >= 11 is 0. The van der Waals surface area contributed by atoms with Gasteiger partial charge in [0.05, 0.1) is 11.0 Å². The van der Waals surface area contributed by atoms with Gasteiger partial charge >= 0.3 is 12.1 Å². The molecule has 1 aromatic heterocycles. The highest BCUT2D eigenvalue weighted by Crippen LogP contribution is 2.42. The minimum absolute atomic E-state index is 0.0392. The maximum Gasteiger partial charge on any atom is 0.414 e. The Morgan fingerprint density at radius 1 is 1.12 bits per heavy atom. The van der Waals surface area contributed by atoms with E-state index >= 15 is 0 Å². The van der Waals surface area contributed by atoms with E-state index in [2.05, 4.69) is 15.3 Å². The number of aromatic amines is 1. The smallest absolute Gasteiger partial charge is 0.375 e. The minimum Gasteiger partial charge on any atom is -0.375 e. The number of aliphatic hydroxyl groups is 1. The van der Waals surface area contributed by atoms with Gasteiger partial charge in [0.1, 0.15) is 0 Å². The number of carbonyl (C=O) groups excluding carboxylic acids is 2. The van der Waals surface area contributed by atoms with Crippen molar-refractivity contribution in [2.75, 3.05) is 13.6 Å². The van der Waals surface area contributed by atoms with Gasteiger partial charge in [-0.15, -0.1) is 0 Å². The van der Waals surface area contributed by atoms with Crippen LogP contribution in [0.25, 0.3) is 11.0 Å². The van der Waals surface area contributed by atoms with E-state index in [1.165, 1.54) is 11.9 Å². The van der Waals surface area contributed by atoms with Crippen LogP contribution >= 0.6 is 0 Å². The van der Waals surface area contributed by atoms with Crippen molar-refractivity contribution in [3.63, 3.8) is 0 Å². The quantitative estimate of drug-likeness (QED) is 0.440. The SMILES string of the molecule is CNC(=O)Oc1nc2ccc(C3(O)c4ccccc4C(=O)N3CCc3ccccc3)cc2[nH]1. The second-order valence-electron chi connectivity index (χ2n) is 7.82. The summed E-state index contributed by atoms with van der Waals surface area (Å²) in [5.74, 6) is -0.225. The van der Waals surface area contributed by atoms with E-state index in [1.807, 2.05) is 36.4 Å². The minimum atomic E-state index is -1.65. The lowest BCUT2D eigenvalue weighted by atomic mass is 9.93. The second-order valence-corrected chi connectivity index (χ2v) is 7.82. The molecule has 2 amide bonds. The Morgan fingerprint density at radius 3 is 2.67 bits per heavy atom. The van der Waals surface area contributed by atoms with Gasteiger partial charge in [0.2, 0.25) is 0 Å². The average Bonchev–Trinajstić information content (AvgIpc) is 3.34. The summed E-state index contributed by atoms with van der Waals surface area (Å²) in [7, 11) is 1.46. The maximum absolute atomic E-state index is 13.3. The summed E-state index contributed by atoms with van der Waals surface area (Å²) < 4.78 is 5.08. The fourth-order valence-corrected chi connectivity index (χ4v) is 4.26. The van der Waals surface area contributed by atoms with Crippen LogP contribution in [0.4, 0.5) is 4.79 Å². The lowest BCUT2D eigenvalue weighted by molar-refractivity contribution is -0.0493. The van der Waals surface area contributed by atoms with E-state index in [-0.39, 0.29) is 11.9 Å². The predicted molar refractivity (Wildman–Crippen MR) is 122 cm³/mol. The molecule has 0 saturated heterocycles. The van der Waals surface area contributed by atoms with E-state index in [1.54, 1.807) is 36.4 Å². The second kappa shape index (κ2) is 8.07. The number of fused-ring (bicyclic) bond motifs is 2. The van der Waals surface area contributed by atoms with Crippen molar-refractivity contribution in [3.05, 3.63) is 95.1 Å². The van der Waals surface area contributed by atoms with E-state index in [4.69, 9.17) is 4.74 Å². The zero-order chi connectivity index (χ0) is 23.0. The molecule has 0 spiro atoms. The molecule has 0 bridgehead atoms. The molecule has 0 fully saturated rings. The van der Waals surface area contributed by atoms with Crippen LogP contribution in [0.15, 0.2) is 72.8 Å². The number of nitrogens with zero attached hydrogens (tertiary/aromatic N) is 2. The van der Waals surface area contributed by atoms with Crippen LogP contribution in [0.5, 0.6) is 6.01 Å². The Labute approximate surface area is 189 Å². The van der Waals surface area contributed by atoms with Crippen molar-refractivity contribution >= 4 is 23.0 Å². The Balaban J connectivity index is 1.55. The number of rotatable bonds is 5. The summed E-state index contributed by atoms with van der Waals surface area (Å²) in [5.41, 5.74) is 2.07. The van der Waals surface area contributed by atoms with Gasteiger partial charge in [-0.05, 0) is 30.2 Å². The van der Waals surface area contributed by atoms with Gasteiger partial charge in [0.25, 0.3) is 5.91 Å². The highest BCUT2D eigenvalue weighted by molar-refractivity contribution is 6.00. The Morgan fingerprint density at radius 2 is 1.88 bits per heavy atom. The standard InChI is InChI=1S/C25H22N4O4/c1-26-24(31)33-23-27-20-12-11-17(15-21(20)28-23)25(32)19-10-6-5-9-18(19)22(30)29(25)14-13-16-7-3-2-4-8-16/h2-12,15,32H,13-14H2,1H3,(H,26,31)(H,27,28). The highest BCUT2D eigenvalue weighted by Gasteiger charge is 2.49. The number of amides is 2. The molecule has 3 N–H and O–H groups in total. The molecule has 0 saturated carbocycles. The summed E-state index contributed by atoms with van der Waals surface area (Å²) in [6, 6.07) is 22.2. The molecule has 3 aromatic carbocycles. The summed E-state index contributed by atoms with van der Waals surface area (Å²) in [4.78, 5) is 33.5. The Hall–Kier alpha value is -4.17. The molecule has 166 valence electrons. The van der Waals surface area contributed by atoms with Crippen molar-refractivity contribution in [1.29, 1.82) is 0 Å². The van der Waals surface area contributed by atoms with Gasteiger partial charge in [-0.25, -0.2) is 4.79 Å². The molecule has 2 heterocycles. The molecule has 1 aliphatic heterocycles. The molecule has 0 aliphatic carbocycles. The van der Waals surface area contributed by atoms with Crippen molar-refractivity contribution in [2.45, 2.75) is 12.1 Å². The molecule has 33 heavy (non-hydrogen) atoms. The number of carbonyl (C=O) groups is 2. The fraction of sp³-hybridized carbons (Fsp3) is 0.160. The first-order valence-electron chi connectivity index (χ1n) is 10.6. The van der Waals surface area contributed by atoms with E-state index in [0.29, 0.717) is 40.7 Å². The largest absolute Gasteiger partial charge is 0.414 e. The van der Waals surface area contributed by atoms with Crippen LogP contribution in [0, 0.1) is 0 Å². The van der Waals surface area contributed by atoms with Crippen molar-refractivity contribution in [3.8, 4) is 6.01 Å². The number of nitrogens with one attached hydrogen (secondary N) is 2. The van der Waals surface area contributed by atoms with E-state index < -0.39 is 11.8 Å². The van der Waals surface area contributed by atoms with Crippen LogP contribution in [-0.4, -0.2) is 45.6 Å². The summed E-state index contributed by atoms with van der Waals surface area (Å²) in [6.07, 6.45) is -0.0467. The average molecular weight is 442 g/mol. The molecule has 8 heteroatoms. The first-order chi connectivity index (χ1) is 16.0. The van der Waals surface area contributed by atoms with Crippen LogP contribution in [0.3, 0.4) is 0 Å². The predicted octanol–water partition coefficient (Wildman–Crippen LogP) is 3.17. The number of benzene rings is 3. The molecular weight excluding hydrogens is 420 g/mol. The zero-order valence-corrected chi connectivity index (χ0v) is 17.9. The van der Waals surface area contributed by atoms with Gasteiger partial charge in [-0.3, -0.25) is 4.79 Å². The van der Waals surface area contributed by atoms with Crippen LogP contribution in [-0.2, 0) is 12.1 Å². The first-order valence-corrected chi connectivity index (χ1v) is 10.6. The van der Waals surface area contributed by atoms with Crippen LogP contribution < -0.4 is 10.1 Å². The van der Waals surface area contributed by atoms with E-state index in [0.717, 1.165) is 5.56 Å². The van der Waals surface area contributed by atoms with Gasteiger partial charge in [0, 0.05) is 30.3 Å². The third kappa shape index (κ3) is 3.50. The van der Waals surface area contributed by atoms with Gasteiger partial charge in [-0.2, -0.15) is 4.98 Å². The molecule has 1 atom stereocenters. The highest BCUT2D eigenvalue weighted by atomic mass is 16.6. The lowest BCUT2D eigenvalue weighted by Crippen LogP contribution is -2.45. The molecule has 4 aromatic rings. The molecule has 8 nitrogen and oxygen atoms in total. The molecule has 1 aliphatic rings. The Bertz CT molecular complexity index is 1350. The number of ether oxygens (including phenoxy) is 1. The number of hydrogen-bond donors (Lipinski definition) is 3. The van der Waals surface area contributed by atoms with Crippen molar-refractivity contribution < 1.29 is 19.4 Å². The maximum atomic E-state index is 13.3. The van der Waals surface area contributed by atoms with Gasteiger partial charge < -0.3 is 25.0 Å². The third-order valence-electron chi connectivity index (χ3n) is 5.89. The number of H-pyrrole nitrogens is 1. The summed E-state index contributed by atoms with van der Waals surface area (Å²) in [5, 5.41) is 14.4. The van der Waals surface area contributed by atoms with E-state index in [9.17, 15) is 14.7 Å². The monoisotopic (exact) mass is 442 g/mol. The molecule has 0 radical (unpaired) electrons. The van der Waals surface area contributed by atoms with Gasteiger partial charge in [0.15, 0.2) is 5.72 Å². The van der Waals surface area contributed by atoms with Gasteiger partial charge in [-0.1, -0.05) is 54.6 Å². The lowest BCUT2D eigenvalue weighted by Gasteiger charge is -2.35. The zero-order valence-electron chi connectivity index (χ0n) is 17.9. The molecule has 5 rings (SSSR count). The third-order valence-corrected chi connectivity index (χ3v) is 5.89. The van der Waals surface area contributed by atoms with Crippen molar-refractivity contribution in [2.24, 2.45) is 0 Å². The summed E-state index contributed by atoms with van der Waals surface area (Å²) in [6.45, 7) is 0.333. The topological polar surface area (TPSA) is 108 Å². The molecule has 1 unspecified atom stereocenters. The number of hydrogen-bond acceptors (Lipinski definition) is 5. The molecular formula is C25H22N4O4. The Kier molecular flexibility index (Phi) is 5.07. The van der Waals surface area contributed by atoms with Crippen LogP contribution in [0.2, 0.25) is 0 Å². The van der Waals surface area contributed by atoms with Crippen LogP contribution in [0.1, 0.15) is 27.0 Å². The van der Waals surface area contributed by atoms with Crippen molar-refractivity contribution in [1.82, 2.24) is 20.2 Å². The first kappa shape index (κ1) is 20.7. The number of imidazole rings is 1. The fourth-order valence-electron chi connectivity index (χ4n) is 4.26. The number of aromatic nitrogens is 2. The normalized spacial score (nSPS) is 17.3.